The van der Waals surface area contributed by atoms with E-state index in [1.165, 1.54) is 31.5 Å². The molecule has 0 unspecified atom stereocenters. The summed E-state index contributed by atoms with van der Waals surface area (Å²) in [5.41, 5.74) is 0.366. The van der Waals surface area contributed by atoms with E-state index in [0.717, 1.165) is 10.8 Å². The van der Waals surface area contributed by atoms with E-state index >= 15 is 0 Å². The Kier molecular flexibility index (Phi) is 4.22. The molecule has 0 saturated heterocycles. The van der Waals surface area contributed by atoms with E-state index in [1.807, 2.05) is 18.2 Å². The van der Waals surface area contributed by atoms with Crippen LogP contribution in [0, 0.1) is 0 Å². The fourth-order valence-electron chi connectivity index (χ4n) is 2.35. The molecule has 0 aliphatic heterocycles. The van der Waals surface area contributed by atoms with Crippen molar-refractivity contribution < 1.29 is 18.3 Å². The second kappa shape index (κ2) is 6.33. The Morgan fingerprint density at radius 1 is 1.00 bits per heavy atom. The van der Waals surface area contributed by atoms with Gasteiger partial charge in [-0.25, -0.2) is 0 Å². The normalized spacial score (nSPS) is 11.9. The van der Waals surface area contributed by atoms with Crippen molar-refractivity contribution in [2.75, 3.05) is 7.11 Å². The van der Waals surface area contributed by atoms with Crippen LogP contribution >= 0.6 is 0 Å². The van der Waals surface area contributed by atoms with Gasteiger partial charge in [-0.05, 0) is 41.1 Å². The van der Waals surface area contributed by atoms with Crippen LogP contribution in [0.3, 0.4) is 0 Å². The van der Waals surface area contributed by atoms with E-state index in [9.17, 15) is 13.5 Å². The maximum atomic E-state index is 12.3. The number of rotatable bonds is 4. The van der Waals surface area contributed by atoms with E-state index in [0.29, 0.717) is 11.3 Å². The van der Waals surface area contributed by atoms with Gasteiger partial charge in [0.05, 0.1) is 18.2 Å². The number of phenols is 1. The largest absolute Gasteiger partial charge is 0.507 e. The van der Waals surface area contributed by atoms with Crippen molar-refractivity contribution in [1.29, 1.82) is 0 Å². The molecule has 24 heavy (non-hydrogen) atoms. The molecule has 5 nitrogen and oxygen atoms in total. The highest BCUT2D eigenvalue weighted by atomic mass is 32.2. The van der Waals surface area contributed by atoms with Crippen LogP contribution in [-0.2, 0) is 10.0 Å². The number of phenolic OH excluding ortho intramolecular Hbond substituents is 1. The van der Waals surface area contributed by atoms with E-state index in [1.54, 1.807) is 24.3 Å². The van der Waals surface area contributed by atoms with Crippen LogP contribution in [0.1, 0.15) is 5.56 Å². The molecule has 0 bridgehead atoms. The Bertz CT molecular complexity index is 1010. The van der Waals surface area contributed by atoms with Crippen molar-refractivity contribution in [2.45, 2.75) is 4.90 Å². The van der Waals surface area contributed by atoms with Gasteiger partial charge in [0.15, 0.2) is 0 Å². The molecule has 0 fully saturated rings. The minimum atomic E-state index is -3.87. The Morgan fingerprint density at radius 2 is 1.71 bits per heavy atom. The summed E-state index contributed by atoms with van der Waals surface area (Å²) < 4.78 is 33.4. The summed E-state index contributed by atoms with van der Waals surface area (Å²) >= 11 is 0. The number of hydrogen-bond acceptors (Lipinski definition) is 4. The van der Waals surface area contributed by atoms with E-state index in [2.05, 4.69) is 4.40 Å². The van der Waals surface area contributed by atoms with Crippen LogP contribution in [0.15, 0.2) is 70.0 Å². The molecule has 122 valence electrons. The van der Waals surface area contributed by atoms with Gasteiger partial charge in [0.2, 0.25) is 0 Å². The summed E-state index contributed by atoms with van der Waals surface area (Å²) in [5.74, 6) is 0.534. The fraction of sp³-hybridized carbons (Fsp3) is 0.0556. The summed E-state index contributed by atoms with van der Waals surface area (Å²) in [7, 11) is -2.36. The molecular weight excluding hydrogens is 326 g/mol. The number of sulfonamides is 1. The maximum Gasteiger partial charge on any atom is 0.282 e. The number of methoxy groups -OCH3 is 1. The quantitative estimate of drug-likeness (QED) is 0.738. The first-order valence-corrected chi connectivity index (χ1v) is 8.60. The van der Waals surface area contributed by atoms with Crippen molar-refractivity contribution in [3.05, 3.63) is 66.2 Å². The number of nitrogens with zero attached hydrogens (tertiary/aromatic N) is 1. The Balaban J connectivity index is 2.02. The lowest BCUT2D eigenvalue weighted by Gasteiger charge is -2.05. The van der Waals surface area contributed by atoms with Gasteiger partial charge < -0.3 is 9.84 Å². The van der Waals surface area contributed by atoms with Gasteiger partial charge in [-0.2, -0.15) is 12.8 Å². The molecule has 0 heterocycles. The zero-order valence-corrected chi connectivity index (χ0v) is 13.7. The third-order valence-corrected chi connectivity index (χ3v) is 4.88. The molecule has 0 aliphatic carbocycles. The molecule has 0 spiro atoms. The van der Waals surface area contributed by atoms with Crippen molar-refractivity contribution in [2.24, 2.45) is 4.40 Å². The zero-order valence-electron chi connectivity index (χ0n) is 12.9. The number of hydrogen-bond donors (Lipinski definition) is 1. The van der Waals surface area contributed by atoms with Gasteiger partial charge in [0, 0.05) is 5.56 Å². The predicted molar refractivity (Wildman–Crippen MR) is 93.4 cm³/mol. The number of ether oxygens (including phenoxy) is 1. The van der Waals surface area contributed by atoms with Gasteiger partial charge in [-0.15, -0.1) is 0 Å². The Hall–Kier alpha value is -2.86. The van der Waals surface area contributed by atoms with Gasteiger partial charge in [-0.3, -0.25) is 0 Å². The summed E-state index contributed by atoms with van der Waals surface area (Å²) in [6, 6.07) is 16.6. The summed E-state index contributed by atoms with van der Waals surface area (Å²) in [6.45, 7) is 0. The average molecular weight is 341 g/mol. The van der Waals surface area contributed by atoms with E-state index < -0.39 is 10.0 Å². The molecule has 3 rings (SSSR count). The molecule has 0 radical (unpaired) electrons. The zero-order chi connectivity index (χ0) is 17.2. The molecule has 0 atom stereocenters. The third kappa shape index (κ3) is 3.09. The standard InChI is InChI=1S/C18H15NO4S/c1-23-14-7-9-15(10-8-14)24(21,22)19-12-17-16-5-3-2-4-13(16)6-11-18(17)20/h2-12,20H,1H3/b19-12+. The summed E-state index contributed by atoms with van der Waals surface area (Å²) in [5, 5.41) is 11.7. The van der Waals surface area contributed by atoms with Crippen molar-refractivity contribution in [3.8, 4) is 11.5 Å². The minimum absolute atomic E-state index is 0.0256. The molecular formula is C18H15NO4S. The molecule has 3 aromatic rings. The van der Waals surface area contributed by atoms with Crippen molar-refractivity contribution in [3.63, 3.8) is 0 Å². The van der Waals surface area contributed by atoms with Gasteiger partial charge in [-0.1, -0.05) is 30.3 Å². The van der Waals surface area contributed by atoms with Crippen LogP contribution in [0.2, 0.25) is 0 Å². The van der Waals surface area contributed by atoms with Gasteiger partial charge >= 0.3 is 0 Å². The average Bonchev–Trinajstić information content (AvgIpc) is 2.61. The first kappa shape index (κ1) is 16.0. The van der Waals surface area contributed by atoms with E-state index in [4.69, 9.17) is 4.74 Å². The lowest BCUT2D eigenvalue weighted by atomic mass is 10.0. The lowest BCUT2D eigenvalue weighted by molar-refractivity contribution is 0.414. The SMILES string of the molecule is COc1ccc(S(=O)(=O)/N=C/c2c(O)ccc3ccccc23)cc1. The topological polar surface area (TPSA) is 76.0 Å². The Morgan fingerprint density at radius 3 is 2.42 bits per heavy atom. The molecule has 0 aliphatic rings. The minimum Gasteiger partial charge on any atom is -0.507 e. The van der Waals surface area contributed by atoms with Gasteiger partial charge in [0.1, 0.15) is 11.5 Å². The summed E-state index contributed by atoms with van der Waals surface area (Å²) in [4.78, 5) is 0.0549. The van der Waals surface area contributed by atoms with Crippen LogP contribution < -0.4 is 4.74 Å². The highest BCUT2D eigenvalue weighted by molar-refractivity contribution is 7.90. The highest BCUT2D eigenvalue weighted by Gasteiger charge is 2.13. The monoisotopic (exact) mass is 341 g/mol. The molecule has 1 N–H and O–H groups in total. The molecule has 0 saturated carbocycles. The molecule has 0 aromatic heterocycles. The number of aromatic hydroxyl groups is 1. The van der Waals surface area contributed by atoms with Crippen LogP contribution in [0.5, 0.6) is 11.5 Å². The lowest BCUT2D eigenvalue weighted by Crippen LogP contribution is -1.98. The molecule has 6 heteroatoms. The first-order chi connectivity index (χ1) is 11.5. The van der Waals surface area contributed by atoms with Crippen LogP contribution in [0.25, 0.3) is 10.8 Å². The number of fused-ring (bicyclic) bond motifs is 1. The van der Waals surface area contributed by atoms with Gasteiger partial charge in [0.25, 0.3) is 10.0 Å². The third-order valence-electron chi connectivity index (χ3n) is 3.63. The fourth-order valence-corrected chi connectivity index (χ4v) is 3.20. The second-order valence-electron chi connectivity index (χ2n) is 5.10. The highest BCUT2D eigenvalue weighted by Crippen LogP contribution is 2.26. The second-order valence-corrected chi connectivity index (χ2v) is 6.74. The van der Waals surface area contributed by atoms with Crippen LogP contribution in [-0.4, -0.2) is 26.8 Å². The van der Waals surface area contributed by atoms with Crippen molar-refractivity contribution in [1.82, 2.24) is 0 Å². The van der Waals surface area contributed by atoms with Crippen molar-refractivity contribution >= 4 is 27.0 Å². The van der Waals surface area contributed by atoms with Crippen LogP contribution in [0.4, 0.5) is 0 Å². The first-order valence-electron chi connectivity index (χ1n) is 7.16. The number of benzene rings is 3. The predicted octanol–water partition coefficient (Wildman–Crippen LogP) is 3.36. The molecule has 3 aromatic carbocycles. The maximum absolute atomic E-state index is 12.3. The summed E-state index contributed by atoms with van der Waals surface area (Å²) in [6.07, 6.45) is 1.18. The smallest absolute Gasteiger partial charge is 0.282 e. The van der Waals surface area contributed by atoms with E-state index in [-0.39, 0.29) is 10.6 Å². The molecule has 0 amide bonds. The Labute approximate surface area is 139 Å².